The maximum Gasteiger partial charge on any atom is 0.176 e. The van der Waals surface area contributed by atoms with Crippen LogP contribution in [-0.4, -0.2) is 55.4 Å². The average molecular weight is 295 g/mol. The lowest BCUT2D eigenvalue weighted by molar-refractivity contribution is 0.0280. The van der Waals surface area contributed by atoms with Gasteiger partial charge in [0.1, 0.15) is 0 Å². The molecule has 0 amide bonds. The lowest BCUT2D eigenvalue weighted by atomic mass is 9.75. The van der Waals surface area contributed by atoms with E-state index in [2.05, 4.69) is 23.9 Å². The topological polar surface area (TPSA) is 23.6 Å². The van der Waals surface area contributed by atoms with Crippen LogP contribution in [0.5, 0.6) is 0 Å². The molecule has 110 valence electrons. The van der Waals surface area contributed by atoms with Gasteiger partial charge in [-0.1, -0.05) is 23.7 Å². The highest BCUT2D eigenvalue weighted by Crippen LogP contribution is 2.36. The fourth-order valence-corrected chi connectivity index (χ4v) is 3.08. The van der Waals surface area contributed by atoms with E-state index in [0.29, 0.717) is 17.1 Å². The number of carbonyl (C=O) groups excluding carboxylic acids is 1. The van der Waals surface area contributed by atoms with Gasteiger partial charge in [-0.3, -0.25) is 9.69 Å². The number of nitrogens with zero attached hydrogens (tertiary/aromatic N) is 2. The molecule has 1 aliphatic carbocycles. The molecule has 0 spiro atoms. The molecule has 1 aliphatic rings. The summed E-state index contributed by atoms with van der Waals surface area (Å²) >= 11 is 5.93. The Morgan fingerprint density at radius 3 is 2.50 bits per heavy atom. The van der Waals surface area contributed by atoms with Crippen LogP contribution in [0.15, 0.2) is 24.3 Å². The average Bonchev–Trinajstić information content (AvgIpc) is 2.33. The third-order valence-electron chi connectivity index (χ3n) is 4.36. The van der Waals surface area contributed by atoms with E-state index in [1.54, 1.807) is 12.1 Å². The normalized spacial score (nSPS) is 17.3. The maximum atomic E-state index is 12.3. The Kier molecular flexibility index (Phi) is 4.84. The van der Waals surface area contributed by atoms with Crippen molar-refractivity contribution in [1.82, 2.24) is 9.80 Å². The number of carbonyl (C=O) groups is 1. The van der Waals surface area contributed by atoms with Gasteiger partial charge in [-0.05, 0) is 52.5 Å². The van der Waals surface area contributed by atoms with Crippen molar-refractivity contribution < 1.29 is 4.79 Å². The first kappa shape index (κ1) is 15.5. The van der Waals surface area contributed by atoms with E-state index in [9.17, 15) is 4.79 Å². The lowest BCUT2D eigenvalue weighted by Gasteiger charge is -2.49. The quantitative estimate of drug-likeness (QED) is 0.754. The molecule has 0 heterocycles. The van der Waals surface area contributed by atoms with E-state index < -0.39 is 0 Å². The molecule has 0 N–H and O–H groups in total. The SMILES string of the molecule is CN(CC(=O)c1cccc(Cl)c1)CC1(N(C)C)CCC1. The van der Waals surface area contributed by atoms with E-state index in [-0.39, 0.29) is 11.3 Å². The molecule has 20 heavy (non-hydrogen) atoms. The highest BCUT2D eigenvalue weighted by Gasteiger charge is 2.39. The summed E-state index contributed by atoms with van der Waals surface area (Å²) in [5.74, 6) is 0.128. The van der Waals surface area contributed by atoms with Gasteiger partial charge in [0.15, 0.2) is 5.78 Å². The van der Waals surface area contributed by atoms with Crippen molar-refractivity contribution in [3.05, 3.63) is 34.9 Å². The van der Waals surface area contributed by atoms with Crippen molar-refractivity contribution in [1.29, 1.82) is 0 Å². The zero-order chi connectivity index (χ0) is 14.8. The minimum atomic E-state index is 0.128. The van der Waals surface area contributed by atoms with E-state index in [1.807, 2.05) is 19.2 Å². The summed E-state index contributed by atoms with van der Waals surface area (Å²) in [5, 5.41) is 0.613. The fourth-order valence-electron chi connectivity index (χ4n) is 2.89. The van der Waals surface area contributed by atoms with Crippen LogP contribution in [-0.2, 0) is 0 Å². The number of ketones is 1. The van der Waals surface area contributed by atoms with Gasteiger partial charge < -0.3 is 4.90 Å². The van der Waals surface area contributed by atoms with Gasteiger partial charge in [-0.2, -0.15) is 0 Å². The highest BCUT2D eigenvalue weighted by atomic mass is 35.5. The van der Waals surface area contributed by atoms with Crippen molar-refractivity contribution in [2.24, 2.45) is 0 Å². The van der Waals surface area contributed by atoms with Crippen LogP contribution in [0, 0.1) is 0 Å². The zero-order valence-corrected chi connectivity index (χ0v) is 13.3. The molecule has 0 bridgehead atoms. The van der Waals surface area contributed by atoms with E-state index in [4.69, 9.17) is 11.6 Å². The predicted molar refractivity (Wildman–Crippen MR) is 83.5 cm³/mol. The molecule has 0 radical (unpaired) electrons. The standard InChI is InChI=1S/C16H23ClN2O/c1-18(2)16(8-5-9-16)12-19(3)11-15(20)13-6-4-7-14(17)10-13/h4,6-7,10H,5,8-9,11-12H2,1-3H3. The van der Waals surface area contributed by atoms with Gasteiger partial charge in [-0.25, -0.2) is 0 Å². The largest absolute Gasteiger partial charge is 0.302 e. The Labute approximate surface area is 126 Å². The van der Waals surface area contributed by atoms with Gasteiger partial charge in [0.25, 0.3) is 0 Å². The van der Waals surface area contributed by atoms with Crippen LogP contribution < -0.4 is 0 Å². The summed E-state index contributed by atoms with van der Waals surface area (Å²) < 4.78 is 0. The molecule has 1 aromatic carbocycles. The van der Waals surface area contributed by atoms with Crippen LogP contribution in [0.2, 0.25) is 5.02 Å². The summed E-state index contributed by atoms with van der Waals surface area (Å²) in [6.07, 6.45) is 3.72. The number of hydrogen-bond donors (Lipinski definition) is 0. The van der Waals surface area contributed by atoms with Crippen LogP contribution >= 0.6 is 11.6 Å². The predicted octanol–water partition coefficient (Wildman–Crippen LogP) is 2.94. The van der Waals surface area contributed by atoms with Crippen molar-refractivity contribution in [3.63, 3.8) is 0 Å². The van der Waals surface area contributed by atoms with Gasteiger partial charge in [-0.15, -0.1) is 0 Å². The van der Waals surface area contributed by atoms with Gasteiger partial charge in [0.05, 0.1) is 6.54 Å². The number of Topliss-reactive ketones (excluding diaryl/α,β-unsaturated/α-hetero) is 1. The molecule has 0 saturated heterocycles. The van der Waals surface area contributed by atoms with Crippen molar-refractivity contribution in [2.45, 2.75) is 24.8 Å². The number of halogens is 1. The second-order valence-electron chi connectivity index (χ2n) is 6.08. The van der Waals surface area contributed by atoms with Crippen molar-refractivity contribution in [3.8, 4) is 0 Å². The Bertz CT molecular complexity index is 483. The Morgan fingerprint density at radius 2 is 2.00 bits per heavy atom. The van der Waals surface area contributed by atoms with Crippen molar-refractivity contribution in [2.75, 3.05) is 34.2 Å². The third kappa shape index (κ3) is 3.40. The highest BCUT2D eigenvalue weighted by molar-refractivity contribution is 6.31. The molecule has 1 saturated carbocycles. The second kappa shape index (κ2) is 6.25. The molecule has 2 rings (SSSR count). The first-order chi connectivity index (χ1) is 9.43. The first-order valence-corrected chi connectivity index (χ1v) is 7.45. The molecule has 3 nitrogen and oxygen atoms in total. The lowest BCUT2D eigenvalue weighted by Crippen LogP contribution is -2.57. The van der Waals surface area contributed by atoms with E-state index >= 15 is 0 Å². The Hall–Kier alpha value is -0.900. The fraction of sp³-hybridized carbons (Fsp3) is 0.562. The summed E-state index contributed by atoms with van der Waals surface area (Å²) in [7, 11) is 6.28. The van der Waals surface area contributed by atoms with Gasteiger partial charge in [0, 0.05) is 22.7 Å². The molecular formula is C16H23ClN2O. The van der Waals surface area contributed by atoms with E-state index in [1.165, 1.54) is 19.3 Å². The smallest absolute Gasteiger partial charge is 0.176 e. The molecule has 4 heteroatoms. The monoisotopic (exact) mass is 294 g/mol. The van der Waals surface area contributed by atoms with Crippen LogP contribution in [0.25, 0.3) is 0 Å². The zero-order valence-electron chi connectivity index (χ0n) is 12.5. The molecule has 0 atom stereocenters. The van der Waals surface area contributed by atoms with Crippen LogP contribution in [0.1, 0.15) is 29.6 Å². The maximum absolute atomic E-state index is 12.3. The Balaban J connectivity index is 1.94. The molecule has 0 unspecified atom stereocenters. The number of likely N-dealkylation sites (N-methyl/N-ethyl adjacent to an activating group) is 2. The summed E-state index contributed by atoms with van der Waals surface area (Å²) in [5.41, 5.74) is 0.945. The third-order valence-corrected chi connectivity index (χ3v) is 4.59. The molecule has 0 aliphatic heterocycles. The number of rotatable bonds is 6. The minimum Gasteiger partial charge on any atom is -0.302 e. The number of benzene rings is 1. The molecule has 1 fully saturated rings. The summed E-state index contributed by atoms with van der Waals surface area (Å²) in [4.78, 5) is 16.7. The molecule has 1 aromatic rings. The van der Waals surface area contributed by atoms with Gasteiger partial charge in [0.2, 0.25) is 0 Å². The molecule has 0 aromatic heterocycles. The second-order valence-corrected chi connectivity index (χ2v) is 6.51. The summed E-state index contributed by atoms with van der Waals surface area (Å²) in [6.45, 7) is 1.38. The summed E-state index contributed by atoms with van der Waals surface area (Å²) in [6, 6.07) is 7.18. The van der Waals surface area contributed by atoms with Crippen LogP contribution in [0.4, 0.5) is 0 Å². The van der Waals surface area contributed by atoms with Crippen molar-refractivity contribution >= 4 is 17.4 Å². The van der Waals surface area contributed by atoms with Crippen LogP contribution in [0.3, 0.4) is 0 Å². The number of hydrogen-bond acceptors (Lipinski definition) is 3. The van der Waals surface area contributed by atoms with E-state index in [0.717, 1.165) is 6.54 Å². The van der Waals surface area contributed by atoms with Gasteiger partial charge >= 0.3 is 0 Å². The first-order valence-electron chi connectivity index (χ1n) is 7.08. The Morgan fingerprint density at radius 1 is 1.30 bits per heavy atom. The molecular weight excluding hydrogens is 272 g/mol. The minimum absolute atomic E-state index is 0.128.